The number of aromatic amines is 1. The van der Waals surface area contributed by atoms with Crippen LogP contribution >= 0.6 is 0 Å². The van der Waals surface area contributed by atoms with Crippen LogP contribution in [0.15, 0.2) is 97.1 Å². The Kier molecular flexibility index (Phi) is 3.47. The van der Waals surface area contributed by atoms with E-state index in [1.165, 1.54) is 66.7 Å². The maximum absolute atomic E-state index is 3.77. The summed E-state index contributed by atoms with van der Waals surface area (Å²) in [6.07, 6.45) is 9.16. The van der Waals surface area contributed by atoms with Gasteiger partial charge in [0.1, 0.15) is 0 Å². The van der Waals surface area contributed by atoms with Gasteiger partial charge in [-0.15, -0.1) is 0 Å². The zero-order valence-corrected chi connectivity index (χ0v) is 19.9. The Morgan fingerprint density at radius 3 is 1.74 bits per heavy atom. The Morgan fingerprint density at radius 2 is 1.11 bits per heavy atom. The van der Waals surface area contributed by atoms with Gasteiger partial charge in [-0.3, -0.25) is 0 Å². The summed E-state index contributed by atoms with van der Waals surface area (Å²) in [6, 6.07) is 31.9. The van der Waals surface area contributed by atoms with Gasteiger partial charge in [0.05, 0.1) is 5.41 Å². The van der Waals surface area contributed by atoms with Gasteiger partial charge in [0.25, 0.3) is 0 Å². The highest BCUT2D eigenvalue weighted by Crippen LogP contribution is 2.63. The number of benzene rings is 4. The van der Waals surface area contributed by atoms with Crippen LogP contribution in [-0.4, -0.2) is 4.98 Å². The minimum Gasteiger partial charge on any atom is -0.355 e. The van der Waals surface area contributed by atoms with Crippen LogP contribution in [-0.2, 0) is 5.41 Å². The zero-order valence-electron chi connectivity index (χ0n) is 19.9. The number of aromatic nitrogens is 1. The molecule has 0 saturated heterocycles. The van der Waals surface area contributed by atoms with Crippen LogP contribution in [0.1, 0.15) is 47.4 Å². The number of rotatable bonds is 0. The lowest BCUT2D eigenvalue weighted by atomic mass is 9.70. The van der Waals surface area contributed by atoms with E-state index in [0.29, 0.717) is 0 Å². The van der Waals surface area contributed by atoms with E-state index in [9.17, 15) is 0 Å². The highest BCUT2D eigenvalue weighted by molar-refractivity contribution is 6.02. The number of fused-ring (bicyclic) bond motifs is 13. The molecule has 1 spiro atoms. The largest absolute Gasteiger partial charge is 0.355 e. The molecule has 166 valence electrons. The lowest BCUT2D eigenvalue weighted by molar-refractivity contribution is 0.633. The molecule has 0 bridgehead atoms. The summed E-state index contributed by atoms with van der Waals surface area (Å²) >= 11 is 0. The fourth-order valence-corrected chi connectivity index (χ4v) is 6.78. The summed E-state index contributed by atoms with van der Waals surface area (Å²) in [6.45, 7) is 4.50. The molecule has 0 aliphatic heterocycles. The van der Waals surface area contributed by atoms with Gasteiger partial charge in [-0.2, -0.15) is 0 Å². The maximum atomic E-state index is 3.77. The molecule has 0 fully saturated rings. The van der Waals surface area contributed by atoms with Gasteiger partial charge in [-0.25, -0.2) is 0 Å². The van der Waals surface area contributed by atoms with Crippen LogP contribution in [0.2, 0.25) is 0 Å². The molecule has 4 aromatic carbocycles. The molecule has 0 saturated carbocycles. The Balaban J connectivity index is 1.52. The fraction of sp³-hybridized carbons (Fsp3) is 0.118. The van der Waals surface area contributed by atoms with Gasteiger partial charge in [-0.1, -0.05) is 105 Å². The fourth-order valence-electron chi connectivity index (χ4n) is 6.78. The molecule has 5 aromatic rings. The van der Waals surface area contributed by atoms with Crippen molar-refractivity contribution < 1.29 is 0 Å². The van der Waals surface area contributed by atoms with Crippen LogP contribution in [0, 0.1) is 5.41 Å². The van der Waals surface area contributed by atoms with E-state index in [1.807, 2.05) is 0 Å². The first kappa shape index (κ1) is 19.2. The summed E-state index contributed by atoms with van der Waals surface area (Å²) in [5.41, 5.74) is 14.4. The Hall–Kier alpha value is -4.10. The number of hydrogen-bond acceptors (Lipinski definition) is 0. The number of hydrogen-bond donors (Lipinski definition) is 1. The second-order valence-corrected chi connectivity index (χ2v) is 10.8. The van der Waals surface area contributed by atoms with Crippen molar-refractivity contribution in [2.45, 2.75) is 19.3 Å². The van der Waals surface area contributed by atoms with Crippen LogP contribution in [0.25, 0.3) is 45.3 Å². The van der Waals surface area contributed by atoms with Gasteiger partial charge in [0.2, 0.25) is 0 Å². The molecular weight excluding hydrogens is 422 g/mol. The molecule has 0 radical (unpaired) electrons. The molecular formula is C34H25N. The molecule has 0 unspecified atom stereocenters. The molecule has 8 rings (SSSR count). The van der Waals surface area contributed by atoms with Gasteiger partial charge in [0, 0.05) is 27.6 Å². The molecule has 3 aliphatic carbocycles. The summed E-state index contributed by atoms with van der Waals surface area (Å²) in [4.78, 5) is 3.77. The van der Waals surface area contributed by atoms with Crippen LogP contribution in [0.3, 0.4) is 0 Å². The first-order valence-electron chi connectivity index (χ1n) is 12.5. The molecule has 1 nitrogen and oxygen atoms in total. The van der Waals surface area contributed by atoms with E-state index < -0.39 is 0 Å². The normalized spacial score (nSPS) is 17.1. The predicted octanol–water partition coefficient (Wildman–Crippen LogP) is 8.58. The number of H-pyrrole nitrogens is 1. The van der Waals surface area contributed by atoms with E-state index in [0.717, 1.165) is 0 Å². The van der Waals surface area contributed by atoms with Gasteiger partial charge in [0.15, 0.2) is 0 Å². The SMILES string of the molecule is CC1(C)C=Cc2[nH]c3cc4c(cc3c2C=C1)-c1ccccc1C41c2ccccc2-c2ccccc21. The van der Waals surface area contributed by atoms with E-state index in [2.05, 4.69) is 128 Å². The average Bonchev–Trinajstić information content (AvgIpc) is 3.44. The second kappa shape index (κ2) is 6.31. The molecule has 3 aliphatic rings. The summed E-state index contributed by atoms with van der Waals surface area (Å²) in [5, 5.41) is 1.30. The van der Waals surface area contributed by atoms with Crippen molar-refractivity contribution in [3.8, 4) is 22.3 Å². The molecule has 1 N–H and O–H groups in total. The third-order valence-electron chi connectivity index (χ3n) is 8.34. The quantitative estimate of drug-likeness (QED) is 0.240. The first-order valence-corrected chi connectivity index (χ1v) is 12.5. The van der Waals surface area contributed by atoms with Gasteiger partial charge >= 0.3 is 0 Å². The average molecular weight is 448 g/mol. The molecule has 1 aromatic heterocycles. The van der Waals surface area contributed by atoms with E-state index in [1.54, 1.807) is 0 Å². The van der Waals surface area contributed by atoms with Crippen LogP contribution < -0.4 is 0 Å². The van der Waals surface area contributed by atoms with Crippen molar-refractivity contribution in [2.24, 2.45) is 5.41 Å². The van der Waals surface area contributed by atoms with Crippen molar-refractivity contribution in [2.75, 3.05) is 0 Å². The maximum Gasteiger partial charge on any atom is 0.0726 e. The second-order valence-electron chi connectivity index (χ2n) is 10.8. The smallest absolute Gasteiger partial charge is 0.0726 e. The summed E-state index contributed by atoms with van der Waals surface area (Å²) in [7, 11) is 0. The van der Waals surface area contributed by atoms with E-state index >= 15 is 0 Å². The van der Waals surface area contributed by atoms with Crippen LogP contribution in [0.5, 0.6) is 0 Å². The van der Waals surface area contributed by atoms with Crippen molar-refractivity contribution in [1.82, 2.24) is 4.98 Å². The van der Waals surface area contributed by atoms with Crippen molar-refractivity contribution in [3.05, 3.63) is 131 Å². The minimum absolute atomic E-state index is 0.0524. The molecule has 0 atom stereocenters. The summed E-state index contributed by atoms with van der Waals surface area (Å²) in [5.74, 6) is 0. The lowest BCUT2D eigenvalue weighted by Crippen LogP contribution is -2.25. The molecule has 1 heterocycles. The van der Waals surface area contributed by atoms with Crippen molar-refractivity contribution in [3.63, 3.8) is 0 Å². The van der Waals surface area contributed by atoms with Gasteiger partial charge < -0.3 is 4.98 Å². The predicted molar refractivity (Wildman–Crippen MR) is 146 cm³/mol. The first-order chi connectivity index (χ1) is 17.1. The van der Waals surface area contributed by atoms with E-state index in [4.69, 9.17) is 0 Å². The standard InChI is InChI=1S/C34H25N/c1-33(2)17-15-24-26-19-25-23-11-5-8-14-29(23)34(30(25)20-32(26)35-31(24)16-18-33)27-12-6-3-9-21(27)22-10-4-7-13-28(22)34/h3-20,35H,1-2H3. The Labute approximate surface area is 205 Å². The van der Waals surface area contributed by atoms with E-state index in [-0.39, 0.29) is 10.8 Å². The number of nitrogens with one attached hydrogen (secondary N) is 1. The highest BCUT2D eigenvalue weighted by Gasteiger charge is 2.51. The third-order valence-corrected chi connectivity index (χ3v) is 8.34. The summed E-state index contributed by atoms with van der Waals surface area (Å²) < 4.78 is 0. The monoisotopic (exact) mass is 447 g/mol. The van der Waals surface area contributed by atoms with Crippen molar-refractivity contribution in [1.29, 1.82) is 0 Å². The Morgan fingerprint density at radius 1 is 0.571 bits per heavy atom. The topological polar surface area (TPSA) is 15.8 Å². The lowest BCUT2D eigenvalue weighted by Gasteiger charge is -2.30. The molecule has 1 heteroatoms. The molecule has 35 heavy (non-hydrogen) atoms. The Bertz CT molecular complexity index is 1730. The van der Waals surface area contributed by atoms with Crippen LogP contribution in [0.4, 0.5) is 0 Å². The highest BCUT2D eigenvalue weighted by atomic mass is 14.7. The minimum atomic E-state index is -0.288. The zero-order chi connectivity index (χ0) is 23.4. The molecule has 0 amide bonds. The number of allylic oxidation sites excluding steroid dienone is 2. The van der Waals surface area contributed by atoms with Gasteiger partial charge in [-0.05, 0) is 62.7 Å². The van der Waals surface area contributed by atoms with Crippen molar-refractivity contribution >= 4 is 23.1 Å². The third kappa shape index (κ3) is 2.29.